The Morgan fingerprint density at radius 2 is 1.57 bits per heavy atom. The summed E-state index contributed by atoms with van der Waals surface area (Å²) in [5, 5.41) is 6.96. The number of hydrogen-bond donors (Lipinski definition) is 3. The van der Waals surface area contributed by atoms with Crippen LogP contribution >= 0.6 is 15.9 Å². The van der Waals surface area contributed by atoms with Gasteiger partial charge in [-0.1, -0.05) is 42.5 Å². The minimum absolute atomic E-state index is 0.0275. The molecule has 2 atom stereocenters. The number of anilines is 3. The molecule has 292 valence electrons. The van der Waals surface area contributed by atoms with Gasteiger partial charge in [-0.05, 0) is 88.6 Å². The van der Waals surface area contributed by atoms with Gasteiger partial charge in [0.05, 0.1) is 48.5 Å². The molecule has 1 aliphatic rings. The number of hydrogen-bond acceptors (Lipinski definition) is 9. The third-order valence-electron chi connectivity index (χ3n) is 9.40. The quantitative estimate of drug-likeness (QED) is 0.110. The number of methoxy groups -OCH3 is 2. The van der Waals surface area contributed by atoms with Crippen LogP contribution in [0, 0.1) is 0 Å². The van der Waals surface area contributed by atoms with Gasteiger partial charge in [0.25, 0.3) is 0 Å². The standard InChI is InChI=1S/C41H42BrN5O8S/c1-46(2)36-13-7-10-32-31(36)9-8-14-38(32)56(51,52)45-28-23-29(25-55-30-18-16-27(17-19-30)40(49)54-4)47(24-28)39(48)22-26-15-20-35(37(21-26)53-3)44-41(50)43-34-12-6-5-11-33(34)42/h5-21,28-29,45H,22-25H2,1-4H3,(H2,43,44,50)/t28?,29-/m0/s1. The number of benzene rings is 5. The molecular weight excluding hydrogens is 802 g/mol. The Balaban J connectivity index is 1.20. The monoisotopic (exact) mass is 843 g/mol. The summed E-state index contributed by atoms with van der Waals surface area (Å²) in [5.41, 5.74) is 2.86. The van der Waals surface area contributed by atoms with Crippen LogP contribution in [-0.4, -0.2) is 84.8 Å². The Bertz CT molecular complexity index is 2360. The van der Waals surface area contributed by atoms with E-state index in [2.05, 4.69) is 31.3 Å². The molecule has 15 heteroatoms. The van der Waals surface area contributed by atoms with E-state index in [4.69, 9.17) is 14.2 Å². The Morgan fingerprint density at radius 1 is 0.857 bits per heavy atom. The summed E-state index contributed by atoms with van der Waals surface area (Å²) in [6.07, 6.45) is 0.262. The number of rotatable bonds is 13. The Kier molecular flexibility index (Phi) is 12.5. The van der Waals surface area contributed by atoms with E-state index in [0.717, 1.165) is 15.5 Å². The van der Waals surface area contributed by atoms with Crippen LogP contribution < -0.4 is 29.7 Å². The highest BCUT2D eigenvalue weighted by molar-refractivity contribution is 9.10. The van der Waals surface area contributed by atoms with Crippen molar-refractivity contribution in [2.24, 2.45) is 0 Å². The molecule has 56 heavy (non-hydrogen) atoms. The molecule has 3 N–H and O–H groups in total. The second-order valence-electron chi connectivity index (χ2n) is 13.4. The van der Waals surface area contributed by atoms with Gasteiger partial charge in [0.15, 0.2) is 0 Å². The van der Waals surface area contributed by atoms with Crippen LogP contribution in [0.2, 0.25) is 0 Å². The first kappa shape index (κ1) is 40.0. The lowest BCUT2D eigenvalue weighted by atomic mass is 10.1. The first-order valence-corrected chi connectivity index (χ1v) is 20.0. The number of halogens is 1. The lowest BCUT2D eigenvalue weighted by molar-refractivity contribution is -0.131. The second kappa shape index (κ2) is 17.4. The highest BCUT2D eigenvalue weighted by Gasteiger charge is 2.38. The Labute approximate surface area is 334 Å². The van der Waals surface area contributed by atoms with E-state index in [1.807, 2.05) is 49.3 Å². The molecule has 13 nitrogen and oxygen atoms in total. The molecule has 1 saturated heterocycles. The van der Waals surface area contributed by atoms with Gasteiger partial charge in [-0.25, -0.2) is 22.7 Å². The van der Waals surface area contributed by atoms with Crippen molar-refractivity contribution in [2.45, 2.75) is 29.8 Å². The smallest absolute Gasteiger partial charge is 0.337 e. The van der Waals surface area contributed by atoms with Gasteiger partial charge in [0.2, 0.25) is 15.9 Å². The number of fused-ring (bicyclic) bond motifs is 1. The SMILES string of the molecule is COC(=O)c1ccc(OC[C@@H]2CC(NS(=O)(=O)c3cccc4c(N(C)C)cccc34)CN2C(=O)Cc2ccc(NC(=O)Nc3ccccc3Br)c(OC)c2)cc1. The fourth-order valence-electron chi connectivity index (χ4n) is 6.70. The average Bonchev–Trinajstić information content (AvgIpc) is 3.59. The molecular formula is C41H42BrN5O8S. The molecule has 3 amide bonds. The predicted octanol–water partition coefficient (Wildman–Crippen LogP) is 6.68. The van der Waals surface area contributed by atoms with E-state index in [0.29, 0.717) is 39.4 Å². The summed E-state index contributed by atoms with van der Waals surface area (Å²) in [6, 6.07) is 27.9. The van der Waals surface area contributed by atoms with Crippen LogP contribution in [0.15, 0.2) is 112 Å². The molecule has 5 aromatic carbocycles. The van der Waals surface area contributed by atoms with Crippen molar-refractivity contribution in [2.75, 3.05) is 57.0 Å². The van der Waals surface area contributed by atoms with Crippen LogP contribution in [0.25, 0.3) is 10.8 Å². The zero-order valence-electron chi connectivity index (χ0n) is 31.2. The average molecular weight is 845 g/mol. The molecule has 6 rings (SSSR count). The molecule has 0 aromatic heterocycles. The molecule has 1 aliphatic heterocycles. The van der Waals surface area contributed by atoms with Crippen LogP contribution in [0.4, 0.5) is 21.9 Å². The topological polar surface area (TPSA) is 156 Å². The van der Waals surface area contributed by atoms with Crippen molar-refractivity contribution >= 4 is 71.7 Å². The van der Waals surface area contributed by atoms with Gasteiger partial charge in [0, 0.05) is 47.6 Å². The molecule has 1 heterocycles. The summed E-state index contributed by atoms with van der Waals surface area (Å²) in [7, 11) is 2.55. The number of carbonyl (C=O) groups excluding carboxylic acids is 3. The summed E-state index contributed by atoms with van der Waals surface area (Å²) in [5.74, 6) is 0.0922. The zero-order valence-corrected chi connectivity index (χ0v) is 33.6. The maximum Gasteiger partial charge on any atom is 0.337 e. The summed E-state index contributed by atoms with van der Waals surface area (Å²) in [6.45, 7) is 0.174. The van der Waals surface area contributed by atoms with Gasteiger partial charge in [-0.3, -0.25) is 4.79 Å². The van der Waals surface area contributed by atoms with Crippen LogP contribution in [0.3, 0.4) is 0 Å². The molecule has 5 aromatic rings. The predicted molar refractivity (Wildman–Crippen MR) is 219 cm³/mol. The number of nitrogens with one attached hydrogen (secondary N) is 3. The first-order chi connectivity index (χ1) is 26.9. The number of nitrogens with zero attached hydrogens (tertiary/aromatic N) is 2. The Morgan fingerprint density at radius 3 is 2.29 bits per heavy atom. The van der Waals surface area contributed by atoms with Crippen LogP contribution in [0.5, 0.6) is 11.5 Å². The van der Waals surface area contributed by atoms with Crippen molar-refractivity contribution in [3.63, 3.8) is 0 Å². The third kappa shape index (κ3) is 9.24. The van der Waals surface area contributed by atoms with E-state index in [-0.39, 0.29) is 36.8 Å². The first-order valence-electron chi connectivity index (χ1n) is 17.7. The number of likely N-dealkylation sites (tertiary alicyclic amines) is 1. The van der Waals surface area contributed by atoms with Crippen molar-refractivity contribution in [3.05, 3.63) is 119 Å². The number of amides is 3. The van der Waals surface area contributed by atoms with Crippen molar-refractivity contribution in [3.8, 4) is 11.5 Å². The van der Waals surface area contributed by atoms with Crippen LogP contribution in [-0.2, 0) is 26.0 Å². The fraction of sp³-hybridized carbons (Fsp3) is 0.244. The number of sulfonamides is 1. The summed E-state index contributed by atoms with van der Waals surface area (Å²) < 4.78 is 48.0. The van der Waals surface area contributed by atoms with Gasteiger partial charge in [-0.15, -0.1) is 0 Å². The summed E-state index contributed by atoms with van der Waals surface area (Å²) >= 11 is 3.42. The summed E-state index contributed by atoms with van der Waals surface area (Å²) in [4.78, 5) is 42.5. The molecule has 0 aliphatic carbocycles. The molecule has 1 unspecified atom stereocenters. The maximum atomic E-state index is 14.1. The van der Waals surface area contributed by atoms with E-state index in [1.54, 1.807) is 77.7 Å². The van der Waals surface area contributed by atoms with E-state index < -0.39 is 34.1 Å². The highest BCUT2D eigenvalue weighted by Crippen LogP contribution is 2.32. The highest BCUT2D eigenvalue weighted by atomic mass is 79.9. The van der Waals surface area contributed by atoms with Gasteiger partial charge < -0.3 is 34.6 Å². The number of esters is 1. The van der Waals surface area contributed by atoms with Crippen LogP contribution in [0.1, 0.15) is 22.3 Å². The lowest BCUT2D eigenvalue weighted by Crippen LogP contribution is -2.41. The lowest BCUT2D eigenvalue weighted by Gasteiger charge is -2.25. The molecule has 0 spiro atoms. The molecule has 0 radical (unpaired) electrons. The van der Waals surface area contributed by atoms with E-state index >= 15 is 0 Å². The van der Waals surface area contributed by atoms with Gasteiger partial charge >= 0.3 is 12.0 Å². The Hall–Kier alpha value is -5.64. The van der Waals surface area contributed by atoms with Gasteiger partial charge in [0.1, 0.15) is 18.1 Å². The van der Waals surface area contributed by atoms with Crippen molar-refractivity contribution in [1.29, 1.82) is 0 Å². The third-order valence-corrected chi connectivity index (χ3v) is 11.7. The van der Waals surface area contributed by atoms with Crippen molar-refractivity contribution < 1.29 is 37.0 Å². The number of para-hydroxylation sites is 1. The number of ether oxygens (including phenoxy) is 3. The second-order valence-corrected chi connectivity index (χ2v) is 15.9. The van der Waals surface area contributed by atoms with E-state index in [9.17, 15) is 22.8 Å². The van der Waals surface area contributed by atoms with E-state index in [1.165, 1.54) is 14.2 Å². The molecule has 1 fully saturated rings. The van der Waals surface area contributed by atoms with Crippen molar-refractivity contribution in [1.82, 2.24) is 9.62 Å². The molecule has 0 bridgehead atoms. The number of carbonyl (C=O) groups is 3. The largest absolute Gasteiger partial charge is 0.495 e. The molecule has 0 saturated carbocycles. The maximum absolute atomic E-state index is 14.1. The van der Waals surface area contributed by atoms with Gasteiger partial charge in [-0.2, -0.15) is 0 Å². The number of urea groups is 1. The fourth-order valence-corrected chi connectivity index (χ4v) is 8.54. The minimum atomic E-state index is -4.02. The zero-order chi connectivity index (χ0) is 40.0. The minimum Gasteiger partial charge on any atom is -0.495 e. The normalized spacial score (nSPS) is 15.3.